The van der Waals surface area contributed by atoms with Crippen molar-refractivity contribution in [1.29, 1.82) is 0 Å². The van der Waals surface area contributed by atoms with Crippen LogP contribution in [0.4, 0.5) is 0 Å². The molecule has 0 amide bonds. The summed E-state index contributed by atoms with van der Waals surface area (Å²) in [5.41, 5.74) is -1.50. The number of rotatable bonds is 8. The van der Waals surface area contributed by atoms with E-state index in [9.17, 15) is 24.6 Å². The molecule has 0 fully saturated rings. The van der Waals surface area contributed by atoms with Crippen molar-refractivity contribution in [2.75, 3.05) is 12.0 Å². The molecule has 1 aliphatic carbocycles. The molecule has 3 heterocycles. The molecule has 3 aromatic rings. The van der Waals surface area contributed by atoms with Crippen molar-refractivity contribution in [3.63, 3.8) is 0 Å². The second-order valence-electron chi connectivity index (χ2n) is 9.80. The molecule has 2 atom stereocenters. The van der Waals surface area contributed by atoms with Gasteiger partial charge in [0.2, 0.25) is 11.7 Å². The molecule has 1 aromatic carbocycles. The Hall–Kier alpha value is -3.90. The van der Waals surface area contributed by atoms with Crippen LogP contribution in [-0.2, 0) is 15.0 Å². The van der Waals surface area contributed by atoms with Crippen molar-refractivity contribution in [3.8, 4) is 28.0 Å². The number of Topliss-reactive ketones (excluding diaryl/α,β-unsaturated/α-hetero) is 2. The molecule has 0 spiro atoms. The molecule has 208 valence electrons. The smallest absolute Gasteiger partial charge is 0.249 e. The summed E-state index contributed by atoms with van der Waals surface area (Å²) in [5.74, 6) is -1.15. The standard InChI is InChI=1S/C28H27N3O7S2/c1-12-22(34)20(14(3)32)24-21(23(12)35)28(4)18(37-24)11-16(33)19(25(28)36)13(2)29-15(8-10-39-5)27-30-26(31-38-27)17-7-6-9-40-17/h6-7,9,11,15,29,34-35H,8,10H2,1-5H3. The number of phenols is 2. The Labute approximate surface area is 238 Å². The van der Waals surface area contributed by atoms with E-state index in [-0.39, 0.29) is 39.5 Å². The molecular weight excluding hydrogens is 554 g/mol. The molecule has 0 saturated heterocycles. The second-order valence-corrected chi connectivity index (χ2v) is 11.7. The zero-order valence-corrected chi connectivity index (χ0v) is 24.1. The lowest BCUT2D eigenvalue weighted by molar-refractivity contribution is -0.123. The third-order valence-corrected chi connectivity index (χ3v) is 8.75. The number of aromatic nitrogens is 2. The lowest BCUT2D eigenvalue weighted by atomic mass is 9.70. The van der Waals surface area contributed by atoms with E-state index in [1.54, 1.807) is 18.7 Å². The maximum Gasteiger partial charge on any atom is 0.249 e. The normalized spacial score (nSPS) is 20.0. The number of thiophene rings is 1. The van der Waals surface area contributed by atoms with Crippen LogP contribution in [0.15, 0.2) is 45.1 Å². The first-order valence-corrected chi connectivity index (χ1v) is 14.7. The fourth-order valence-electron chi connectivity index (χ4n) is 5.07. The van der Waals surface area contributed by atoms with Crippen molar-refractivity contribution < 1.29 is 33.9 Å². The Morgan fingerprint density at radius 2 is 2.00 bits per heavy atom. The van der Waals surface area contributed by atoms with Gasteiger partial charge in [-0.3, -0.25) is 14.4 Å². The number of thioether (sulfide) groups is 1. The highest BCUT2D eigenvalue weighted by Gasteiger charge is 2.56. The number of nitrogens with one attached hydrogen (secondary N) is 1. The molecule has 2 aromatic heterocycles. The summed E-state index contributed by atoms with van der Waals surface area (Å²) in [6, 6.07) is 3.29. The lowest BCUT2D eigenvalue weighted by Gasteiger charge is -2.29. The van der Waals surface area contributed by atoms with Gasteiger partial charge >= 0.3 is 0 Å². The first kappa shape index (κ1) is 27.7. The summed E-state index contributed by atoms with van der Waals surface area (Å²) < 4.78 is 11.4. The van der Waals surface area contributed by atoms with Crippen LogP contribution in [0, 0.1) is 6.92 Å². The fourth-order valence-corrected chi connectivity index (χ4v) is 6.19. The van der Waals surface area contributed by atoms with E-state index in [1.807, 2.05) is 23.8 Å². The van der Waals surface area contributed by atoms with E-state index in [0.29, 0.717) is 23.8 Å². The highest BCUT2D eigenvalue weighted by molar-refractivity contribution is 7.98. The van der Waals surface area contributed by atoms with E-state index in [2.05, 4.69) is 15.5 Å². The Morgan fingerprint density at radius 1 is 1.25 bits per heavy atom. The topological polar surface area (TPSA) is 152 Å². The summed E-state index contributed by atoms with van der Waals surface area (Å²) in [6.07, 6.45) is 3.73. The van der Waals surface area contributed by atoms with E-state index in [0.717, 1.165) is 10.6 Å². The number of nitrogens with zero attached hydrogens (tertiary/aromatic N) is 2. The van der Waals surface area contributed by atoms with Crippen LogP contribution in [0.5, 0.6) is 17.2 Å². The number of ether oxygens (including phenoxy) is 1. The van der Waals surface area contributed by atoms with Crippen LogP contribution in [0.25, 0.3) is 10.7 Å². The Kier molecular flexibility index (Phi) is 7.09. The number of allylic oxidation sites excluding steroid dienone is 4. The van der Waals surface area contributed by atoms with E-state index in [4.69, 9.17) is 9.26 Å². The van der Waals surface area contributed by atoms with E-state index in [1.165, 1.54) is 38.2 Å². The Balaban J connectivity index is 1.57. The molecule has 2 aliphatic rings. The molecule has 3 N–H and O–H groups in total. The van der Waals surface area contributed by atoms with Crippen LogP contribution in [0.1, 0.15) is 60.6 Å². The zero-order chi connectivity index (χ0) is 28.9. The first-order chi connectivity index (χ1) is 19.0. The number of ketones is 3. The number of carbonyl (C=O) groups is 3. The van der Waals surface area contributed by atoms with E-state index >= 15 is 0 Å². The second kappa shape index (κ2) is 10.3. The zero-order valence-electron chi connectivity index (χ0n) is 22.4. The van der Waals surface area contributed by atoms with Crippen molar-refractivity contribution in [3.05, 3.63) is 63.2 Å². The highest BCUT2D eigenvalue weighted by atomic mass is 32.2. The average Bonchev–Trinajstić information content (AvgIpc) is 3.65. The quantitative estimate of drug-likeness (QED) is 0.192. The lowest BCUT2D eigenvalue weighted by Crippen LogP contribution is -2.41. The van der Waals surface area contributed by atoms with Crippen molar-refractivity contribution >= 4 is 40.4 Å². The molecule has 0 saturated carbocycles. The predicted molar refractivity (Wildman–Crippen MR) is 150 cm³/mol. The molecular formula is C28H27N3O7S2. The molecule has 0 radical (unpaired) electrons. The highest BCUT2D eigenvalue weighted by Crippen LogP contribution is 2.57. The van der Waals surface area contributed by atoms with Crippen LogP contribution in [-0.4, -0.2) is 49.7 Å². The minimum atomic E-state index is -1.60. The van der Waals surface area contributed by atoms with Gasteiger partial charge in [-0.25, -0.2) is 0 Å². The molecule has 5 rings (SSSR count). The number of carbonyl (C=O) groups excluding carboxylic acids is 3. The maximum atomic E-state index is 14.1. The van der Waals surface area contributed by atoms with Gasteiger partial charge in [0.05, 0.1) is 16.0 Å². The third-order valence-electron chi connectivity index (χ3n) is 7.24. The number of hydrogen-bond acceptors (Lipinski definition) is 12. The van der Waals surface area contributed by atoms with Crippen molar-refractivity contribution in [2.45, 2.75) is 45.6 Å². The van der Waals surface area contributed by atoms with E-state index < -0.39 is 34.6 Å². The van der Waals surface area contributed by atoms with Crippen LogP contribution >= 0.6 is 23.1 Å². The van der Waals surface area contributed by atoms with Gasteiger partial charge in [0.15, 0.2) is 17.3 Å². The number of benzene rings is 1. The Bertz CT molecular complexity index is 1620. The minimum absolute atomic E-state index is 0.0201. The third kappa shape index (κ3) is 4.22. The summed E-state index contributed by atoms with van der Waals surface area (Å²) >= 11 is 3.11. The van der Waals surface area contributed by atoms with Gasteiger partial charge in [-0.1, -0.05) is 11.2 Å². The summed E-state index contributed by atoms with van der Waals surface area (Å²) in [5, 5.41) is 30.8. The molecule has 1 aliphatic heterocycles. The van der Waals surface area contributed by atoms with Crippen molar-refractivity contribution in [2.24, 2.45) is 0 Å². The van der Waals surface area contributed by atoms with Crippen LogP contribution in [0.3, 0.4) is 0 Å². The Morgan fingerprint density at radius 3 is 2.65 bits per heavy atom. The van der Waals surface area contributed by atoms with Crippen molar-refractivity contribution in [1.82, 2.24) is 15.5 Å². The summed E-state index contributed by atoms with van der Waals surface area (Å²) in [4.78, 5) is 45.2. The van der Waals surface area contributed by atoms with Gasteiger partial charge in [-0.2, -0.15) is 16.7 Å². The number of hydrogen-bond donors (Lipinski definition) is 3. The maximum absolute atomic E-state index is 14.1. The number of aromatic hydroxyl groups is 2. The molecule has 40 heavy (non-hydrogen) atoms. The van der Waals surface area contributed by atoms with Gasteiger partial charge in [0.25, 0.3) is 0 Å². The first-order valence-electron chi connectivity index (χ1n) is 12.4. The van der Waals surface area contributed by atoms with Gasteiger partial charge in [0, 0.05) is 17.3 Å². The number of phenolic OH excluding ortho intramolecular Hbond substituents is 2. The molecule has 0 bridgehead atoms. The average molecular weight is 582 g/mol. The van der Waals surface area contributed by atoms with Gasteiger partial charge in [-0.05, 0) is 57.6 Å². The number of fused-ring (bicyclic) bond motifs is 3. The van der Waals surface area contributed by atoms with Gasteiger partial charge in [0.1, 0.15) is 40.0 Å². The van der Waals surface area contributed by atoms with Crippen LogP contribution < -0.4 is 10.1 Å². The van der Waals surface area contributed by atoms with Crippen LogP contribution in [0.2, 0.25) is 0 Å². The molecule has 12 heteroatoms. The summed E-state index contributed by atoms with van der Waals surface area (Å²) in [7, 11) is 0. The largest absolute Gasteiger partial charge is 0.507 e. The SMILES string of the molecule is CSCCC(NC(C)=C1C(=O)C=C2Oc3c(C(C)=O)c(O)c(C)c(O)c3C2(C)C1=O)c1nc(-c2cccs2)no1. The molecule has 10 nitrogen and oxygen atoms in total. The molecule has 2 unspecified atom stereocenters. The predicted octanol–water partition coefficient (Wildman–Crippen LogP) is 4.76. The fraction of sp³-hybridized carbons (Fsp3) is 0.321. The monoisotopic (exact) mass is 581 g/mol. The minimum Gasteiger partial charge on any atom is -0.507 e. The summed E-state index contributed by atoms with van der Waals surface area (Å²) in [6.45, 7) is 5.84. The van der Waals surface area contributed by atoms with Gasteiger partial charge in [-0.15, -0.1) is 11.3 Å². The van der Waals surface area contributed by atoms with Gasteiger partial charge < -0.3 is 24.8 Å².